The lowest BCUT2D eigenvalue weighted by molar-refractivity contribution is 0.0158. The first-order chi connectivity index (χ1) is 7.47. The van der Waals surface area contributed by atoms with Crippen LogP contribution in [0.25, 0.3) is 0 Å². The Morgan fingerprint density at radius 3 is 2.69 bits per heavy atom. The van der Waals surface area contributed by atoms with Crippen molar-refractivity contribution in [3.05, 3.63) is 11.3 Å². The van der Waals surface area contributed by atoms with Crippen molar-refractivity contribution in [1.29, 1.82) is 0 Å². The number of carbonyl (C=O) groups is 1. The smallest absolute Gasteiger partial charge is 0.259 e. The topological polar surface area (TPSA) is 45.2 Å². The van der Waals surface area contributed by atoms with Crippen LogP contribution >= 0.6 is 11.5 Å². The van der Waals surface area contributed by atoms with Gasteiger partial charge in [-0.3, -0.25) is 4.79 Å². The SMILES string of the molecule is CNc1snc(C)c1C(=O)N1CCC1(C)C. The molecule has 1 amide bonds. The van der Waals surface area contributed by atoms with E-state index in [-0.39, 0.29) is 11.4 Å². The van der Waals surface area contributed by atoms with Crippen molar-refractivity contribution in [2.24, 2.45) is 0 Å². The summed E-state index contributed by atoms with van der Waals surface area (Å²) in [7, 11) is 1.82. The highest BCUT2D eigenvalue weighted by atomic mass is 32.1. The lowest BCUT2D eigenvalue weighted by Gasteiger charge is -2.48. The van der Waals surface area contributed by atoms with E-state index in [4.69, 9.17) is 0 Å². The molecule has 0 radical (unpaired) electrons. The van der Waals surface area contributed by atoms with E-state index in [9.17, 15) is 4.79 Å². The number of anilines is 1. The van der Waals surface area contributed by atoms with Gasteiger partial charge in [-0.1, -0.05) is 0 Å². The second-order valence-corrected chi connectivity index (χ2v) is 5.51. The Bertz CT molecular complexity index is 425. The van der Waals surface area contributed by atoms with Crippen LogP contribution in [0.5, 0.6) is 0 Å². The highest BCUT2D eigenvalue weighted by molar-refractivity contribution is 7.10. The molecule has 16 heavy (non-hydrogen) atoms. The Kier molecular flexibility index (Phi) is 2.66. The Hall–Kier alpha value is -1.10. The molecule has 0 spiro atoms. The highest BCUT2D eigenvalue weighted by Crippen LogP contribution is 2.34. The largest absolute Gasteiger partial charge is 0.378 e. The average molecular weight is 239 g/mol. The van der Waals surface area contributed by atoms with Gasteiger partial charge in [0.25, 0.3) is 5.91 Å². The monoisotopic (exact) mass is 239 g/mol. The van der Waals surface area contributed by atoms with Crippen LogP contribution in [0.15, 0.2) is 0 Å². The molecule has 0 aliphatic carbocycles. The summed E-state index contributed by atoms with van der Waals surface area (Å²) in [6.45, 7) is 6.94. The third kappa shape index (κ3) is 1.59. The van der Waals surface area contributed by atoms with Crippen molar-refractivity contribution in [3.63, 3.8) is 0 Å². The first-order valence-corrected chi connectivity index (χ1v) is 6.20. The van der Waals surface area contributed by atoms with Crippen molar-refractivity contribution >= 4 is 22.4 Å². The molecule has 88 valence electrons. The summed E-state index contributed by atoms with van der Waals surface area (Å²) in [5.41, 5.74) is 1.55. The number of likely N-dealkylation sites (tertiary alicyclic amines) is 1. The summed E-state index contributed by atoms with van der Waals surface area (Å²) in [6, 6.07) is 0. The Morgan fingerprint density at radius 2 is 2.25 bits per heavy atom. The summed E-state index contributed by atoms with van der Waals surface area (Å²) < 4.78 is 4.23. The Balaban J connectivity index is 2.30. The molecule has 0 aromatic carbocycles. The fourth-order valence-corrected chi connectivity index (χ4v) is 2.71. The zero-order valence-electron chi connectivity index (χ0n) is 10.1. The Morgan fingerprint density at radius 1 is 1.56 bits per heavy atom. The standard InChI is InChI=1S/C11H17N3OS/c1-7-8(9(12-4)16-13-7)10(15)14-6-5-11(14,2)3/h12H,5-6H2,1-4H3. The van der Waals surface area contributed by atoms with Crippen molar-refractivity contribution in [1.82, 2.24) is 9.27 Å². The molecule has 0 bridgehead atoms. The van der Waals surface area contributed by atoms with Crippen molar-refractivity contribution < 1.29 is 4.79 Å². The van der Waals surface area contributed by atoms with Crippen LogP contribution in [0.3, 0.4) is 0 Å². The molecule has 1 aromatic rings. The number of aryl methyl sites for hydroxylation is 1. The molecule has 1 aromatic heterocycles. The highest BCUT2D eigenvalue weighted by Gasteiger charge is 2.41. The van der Waals surface area contributed by atoms with E-state index in [0.29, 0.717) is 0 Å². The van der Waals surface area contributed by atoms with Gasteiger partial charge in [-0.25, -0.2) is 0 Å². The molecule has 0 unspecified atom stereocenters. The lowest BCUT2D eigenvalue weighted by atomic mass is 9.88. The predicted octanol–water partition coefficient (Wildman–Crippen LogP) is 2.12. The molecule has 1 N–H and O–H groups in total. The van der Waals surface area contributed by atoms with Crippen LogP contribution < -0.4 is 5.32 Å². The minimum Gasteiger partial charge on any atom is -0.378 e. The van der Waals surface area contributed by atoms with Gasteiger partial charge in [0.2, 0.25) is 0 Å². The normalized spacial score (nSPS) is 18.1. The minimum absolute atomic E-state index is 0.00350. The van der Waals surface area contributed by atoms with E-state index in [1.165, 1.54) is 11.5 Å². The summed E-state index contributed by atoms with van der Waals surface area (Å²) >= 11 is 1.35. The molecular formula is C11H17N3OS. The molecule has 4 nitrogen and oxygen atoms in total. The van der Waals surface area contributed by atoms with Gasteiger partial charge >= 0.3 is 0 Å². The van der Waals surface area contributed by atoms with E-state index in [0.717, 1.165) is 29.2 Å². The number of nitrogens with one attached hydrogen (secondary N) is 1. The van der Waals surface area contributed by atoms with Crippen LogP contribution in [0.1, 0.15) is 36.3 Å². The van der Waals surface area contributed by atoms with Gasteiger partial charge < -0.3 is 10.2 Å². The summed E-state index contributed by atoms with van der Waals surface area (Å²) in [6.07, 6.45) is 1.07. The number of amides is 1. The van der Waals surface area contributed by atoms with E-state index >= 15 is 0 Å². The van der Waals surface area contributed by atoms with Crippen molar-refractivity contribution in [2.75, 3.05) is 18.9 Å². The summed E-state index contributed by atoms with van der Waals surface area (Å²) in [4.78, 5) is 14.3. The van der Waals surface area contributed by atoms with Crippen LogP contribution in [-0.4, -0.2) is 34.3 Å². The third-order valence-electron chi connectivity index (χ3n) is 3.23. The van der Waals surface area contributed by atoms with Crippen molar-refractivity contribution in [2.45, 2.75) is 32.7 Å². The maximum Gasteiger partial charge on any atom is 0.259 e. The van der Waals surface area contributed by atoms with Gasteiger partial charge in [0.05, 0.1) is 11.3 Å². The van der Waals surface area contributed by atoms with E-state index < -0.39 is 0 Å². The molecule has 0 atom stereocenters. The number of carbonyl (C=O) groups excluding carboxylic acids is 1. The van der Waals surface area contributed by atoms with Crippen molar-refractivity contribution in [3.8, 4) is 0 Å². The fourth-order valence-electron chi connectivity index (χ4n) is 1.97. The van der Waals surface area contributed by atoms with Gasteiger partial charge in [0, 0.05) is 19.1 Å². The lowest BCUT2D eigenvalue weighted by Crippen LogP contribution is -2.58. The maximum absolute atomic E-state index is 12.4. The predicted molar refractivity (Wildman–Crippen MR) is 66.1 cm³/mol. The number of hydrogen-bond donors (Lipinski definition) is 1. The molecule has 1 saturated heterocycles. The van der Waals surface area contributed by atoms with Gasteiger partial charge in [-0.05, 0) is 38.7 Å². The van der Waals surface area contributed by atoms with Gasteiger partial charge in [-0.15, -0.1) is 0 Å². The molecule has 2 rings (SSSR count). The van der Waals surface area contributed by atoms with E-state index in [2.05, 4.69) is 23.5 Å². The first kappa shape index (κ1) is 11.4. The molecule has 0 saturated carbocycles. The van der Waals surface area contributed by atoms with Gasteiger partial charge in [0.15, 0.2) is 0 Å². The van der Waals surface area contributed by atoms with Gasteiger partial charge in [0.1, 0.15) is 5.00 Å². The zero-order chi connectivity index (χ0) is 11.9. The summed E-state index contributed by atoms with van der Waals surface area (Å²) in [5, 5.41) is 3.90. The van der Waals surface area contributed by atoms with E-state index in [1.807, 2.05) is 18.9 Å². The van der Waals surface area contributed by atoms with Crippen LogP contribution in [0.2, 0.25) is 0 Å². The molecule has 1 fully saturated rings. The molecule has 1 aliphatic rings. The quantitative estimate of drug-likeness (QED) is 0.859. The minimum atomic E-state index is -0.00350. The van der Waals surface area contributed by atoms with Crippen LogP contribution in [0.4, 0.5) is 5.00 Å². The molecule has 1 aliphatic heterocycles. The Labute approximate surface area is 99.8 Å². The number of hydrogen-bond acceptors (Lipinski definition) is 4. The first-order valence-electron chi connectivity index (χ1n) is 5.43. The second-order valence-electron chi connectivity index (χ2n) is 4.74. The van der Waals surface area contributed by atoms with Crippen LogP contribution in [-0.2, 0) is 0 Å². The van der Waals surface area contributed by atoms with E-state index in [1.54, 1.807) is 0 Å². The molecular weight excluding hydrogens is 222 g/mol. The maximum atomic E-state index is 12.4. The van der Waals surface area contributed by atoms with Gasteiger partial charge in [-0.2, -0.15) is 4.37 Å². The number of rotatable bonds is 2. The number of aromatic nitrogens is 1. The average Bonchev–Trinajstić information content (AvgIpc) is 2.58. The number of nitrogens with zero attached hydrogens (tertiary/aromatic N) is 2. The zero-order valence-corrected chi connectivity index (χ0v) is 10.9. The summed E-state index contributed by atoms with van der Waals surface area (Å²) in [5.74, 6) is 0.104. The van der Waals surface area contributed by atoms with Crippen LogP contribution in [0, 0.1) is 6.92 Å². The fraction of sp³-hybridized carbons (Fsp3) is 0.636. The second kappa shape index (κ2) is 3.73. The molecule has 2 heterocycles. The third-order valence-corrected chi connectivity index (χ3v) is 4.18. The molecule has 5 heteroatoms.